The van der Waals surface area contributed by atoms with Gasteiger partial charge in [0.1, 0.15) is 10.8 Å². The second-order valence-corrected chi connectivity index (χ2v) is 10.7. The molecular weight excluding hydrogens is 510 g/mol. The zero-order valence-corrected chi connectivity index (χ0v) is 22.4. The van der Waals surface area contributed by atoms with Gasteiger partial charge in [0.25, 0.3) is 0 Å². The molecule has 4 aromatic rings. The van der Waals surface area contributed by atoms with Crippen LogP contribution in [0.15, 0.2) is 48.0 Å². The van der Waals surface area contributed by atoms with Crippen molar-refractivity contribution >= 4 is 45.6 Å². The second-order valence-electron chi connectivity index (χ2n) is 9.39. The maximum absolute atomic E-state index is 11.8. The lowest BCUT2D eigenvalue weighted by Crippen LogP contribution is -2.35. The monoisotopic (exact) mass is 539 g/mol. The number of halogens is 1. The Morgan fingerprint density at radius 2 is 2.08 bits per heavy atom. The first kappa shape index (κ1) is 25.5. The number of nitrogens with one attached hydrogen (secondary N) is 1. The zero-order valence-electron chi connectivity index (χ0n) is 20.8. The maximum Gasteiger partial charge on any atom is 0.316 e. The summed E-state index contributed by atoms with van der Waals surface area (Å²) >= 11 is 7.99. The summed E-state index contributed by atoms with van der Waals surface area (Å²) in [7, 11) is 1.59. The molecule has 1 aliphatic heterocycles. The Morgan fingerprint density at radius 3 is 2.78 bits per heavy atom. The van der Waals surface area contributed by atoms with Crippen LogP contribution >= 0.6 is 22.9 Å². The number of nitrogens with two attached hydrogens (primary N) is 1. The van der Waals surface area contributed by atoms with Gasteiger partial charge in [-0.1, -0.05) is 17.7 Å². The Hall–Kier alpha value is -3.11. The average molecular weight is 540 g/mol. The van der Waals surface area contributed by atoms with Gasteiger partial charge in [0.15, 0.2) is 0 Å². The summed E-state index contributed by atoms with van der Waals surface area (Å²) in [4.78, 5) is 19.0. The number of likely N-dealkylation sites (tertiary alicyclic amines) is 1. The summed E-state index contributed by atoms with van der Waals surface area (Å²) in [6.45, 7) is 4.62. The summed E-state index contributed by atoms with van der Waals surface area (Å²) in [5.41, 5.74) is 10.1. The van der Waals surface area contributed by atoms with E-state index in [1.54, 1.807) is 18.4 Å². The fourth-order valence-corrected chi connectivity index (χ4v) is 5.94. The number of ether oxygens (including phenoxy) is 1. The first-order valence-corrected chi connectivity index (χ1v) is 13.5. The van der Waals surface area contributed by atoms with Gasteiger partial charge >= 0.3 is 6.03 Å². The number of aromatic nitrogens is 2. The van der Waals surface area contributed by atoms with Gasteiger partial charge in [0, 0.05) is 42.2 Å². The van der Waals surface area contributed by atoms with E-state index in [2.05, 4.69) is 33.2 Å². The summed E-state index contributed by atoms with van der Waals surface area (Å²) in [6.07, 6.45) is 3.33. The predicted molar refractivity (Wildman–Crippen MR) is 149 cm³/mol. The first-order valence-electron chi connectivity index (χ1n) is 12.2. The molecule has 0 aliphatic carbocycles. The normalized spacial score (nSPS) is 15.7. The fraction of sp³-hybridized carbons (Fsp3) is 0.333. The van der Waals surface area contributed by atoms with Crippen molar-refractivity contribution in [1.29, 1.82) is 0 Å². The lowest BCUT2D eigenvalue weighted by atomic mass is 10.1. The number of primary amides is 1. The van der Waals surface area contributed by atoms with Crippen molar-refractivity contribution in [3.05, 3.63) is 64.3 Å². The van der Waals surface area contributed by atoms with Gasteiger partial charge in [0.05, 0.1) is 41.2 Å². The third kappa shape index (κ3) is 5.45. The highest BCUT2D eigenvalue weighted by atomic mass is 35.5. The fourth-order valence-electron chi connectivity index (χ4n) is 4.86. The number of nitrogens with zero attached hydrogens (tertiary/aromatic N) is 3. The molecule has 0 spiro atoms. The molecule has 2 aromatic carbocycles. The van der Waals surface area contributed by atoms with Gasteiger partial charge < -0.3 is 25.5 Å². The lowest BCUT2D eigenvalue weighted by molar-refractivity contribution is 0.0787. The van der Waals surface area contributed by atoms with E-state index in [-0.39, 0.29) is 12.1 Å². The molecule has 0 radical (unpaired) electrons. The van der Waals surface area contributed by atoms with Crippen molar-refractivity contribution in [2.75, 3.05) is 25.5 Å². The number of rotatable bonds is 7. The molecule has 1 aliphatic rings. The minimum Gasteiger partial charge on any atom is -0.495 e. The number of carbonyl (C=O) groups excluding carboxylic acids is 1. The molecule has 0 bridgehead atoms. The van der Waals surface area contributed by atoms with E-state index >= 15 is 0 Å². The van der Waals surface area contributed by atoms with Crippen molar-refractivity contribution in [2.24, 2.45) is 5.73 Å². The number of urea groups is 1. The summed E-state index contributed by atoms with van der Waals surface area (Å²) in [5, 5.41) is 17.0. The lowest BCUT2D eigenvalue weighted by Gasteiger charge is -2.28. The van der Waals surface area contributed by atoms with Gasteiger partial charge in [-0.25, -0.2) is 9.78 Å². The van der Waals surface area contributed by atoms with E-state index in [0.717, 1.165) is 65.2 Å². The zero-order chi connectivity index (χ0) is 26.1. The molecule has 2 amide bonds. The van der Waals surface area contributed by atoms with Crippen LogP contribution in [0.3, 0.4) is 0 Å². The summed E-state index contributed by atoms with van der Waals surface area (Å²) in [5.74, 6) is 0.622. The molecule has 1 saturated heterocycles. The third-order valence-electron chi connectivity index (χ3n) is 6.91. The predicted octanol–water partition coefficient (Wildman–Crippen LogP) is 5.48. The highest BCUT2D eigenvalue weighted by Crippen LogP contribution is 2.36. The minimum absolute atomic E-state index is 0.0605. The number of amides is 2. The number of aliphatic hydroxyl groups is 1. The number of fused-ring (bicyclic) bond motifs is 1. The molecule has 4 N–H and O–H groups in total. The first-order chi connectivity index (χ1) is 17.8. The highest BCUT2D eigenvalue weighted by Gasteiger charge is 2.20. The van der Waals surface area contributed by atoms with Crippen LogP contribution in [0.5, 0.6) is 5.75 Å². The molecule has 1 unspecified atom stereocenters. The number of aliphatic hydroxyl groups excluding tert-OH is 1. The van der Waals surface area contributed by atoms with Crippen molar-refractivity contribution in [1.82, 2.24) is 14.5 Å². The van der Waals surface area contributed by atoms with Gasteiger partial charge in [-0.2, -0.15) is 0 Å². The Morgan fingerprint density at radius 1 is 1.30 bits per heavy atom. The van der Waals surface area contributed by atoms with Crippen LogP contribution in [-0.4, -0.2) is 51.9 Å². The Labute approximate surface area is 224 Å². The Balaban J connectivity index is 1.46. The van der Waals surface area contributed by atoms with Crippen LogP contribution in [-0.2, 0) is 6.54 Å². The summed E-state index contributed by atoms with van der Waals surface area (Å²) in [6, 6.07) is 11.2. The molecule has 0 saturated carbocycles. The standard InChI is InChI=1S/C27H30ClN5O3S/c1-16(17-4-6-25(36-2)22(28)12-17)33-14-23(31-27(29)35)21-11-18(3-5-24(21)33)26-30-19(15-37-26)13-32-9-7-20(34)8-10-32/h3-6,11-12,14-16,20,34H,7-10,13H2,1-2H3,(H3,29,31,35). The molecule has 2 aromatic heterocycles. The molecule has 5 rings (SSSR count). The van der Waals surface area contributed by atoms with Gasteiger partial charge in [-0.05, 0) is 55.7 Å². The Kier molecular flexibility index (Phi) is 7.39. The van der Waals surface area contributed by atoms with E-state index in [1.165, 1.54) is 0 Å². The van der Waals surface area contributed by atoms with Crippen LogP contribution in [0.2, 0.25) is 5.02 Å². The SMILES string of the molecule is COc1ccc(C(C)n2cc(NC(N)=O)c3cc(-c4nc(CN5CCC(O)CC5)cs4)ccc32)cc1Cl. The summed E-state index contributed by atoms with van der Waals surface area (Å²) < 4.78 is 7.39. The number of hydrogen-bond acceptors (Lipinski definition) is 6. The van der Waals surface area contributed by atoms with Crippen LogP contribution in [0.4, 0.5) is 10.5 Å². The molecule has 1 atom stereocenters. The molecule has 3 heterocycles. The average Bonchev–Trinajstić information content (AvgIpc) is 3.49. The molecule has 194 valence electrons. The second kappa shape index (κ2) is 10.7. The molecule has 37 heavy (non-hydrogen) atoms. The van der Waals surface area contributed by atoms with Crippen LogP contribution < -0.4 is 15.8 Å². The number of piperidine rings is 1. The van der Waals surface area contributed by atoms with Crippen molar-refractivity contribution in [3.63, 3.8) is 0 Å². The van der Waals surface area contributed by atoms with E-state index < -0.39 is 6.03 Å². The number of anilines is 1. The van der Waals surface area contributed by atoms with Crippen LogP contribution in [0.1, 0.15) is 37.1 Å². The highest BCUT2D eigenvalue weighted by molar-refractivity contribution is 7.13. The topological polar surface area (TPSA) is 106 Å². The maximum atomic E-state index is 11.8. The molecule has 1 fully saturated rings. The third-order valence-corrected chi connectivity index (χ3v) is 8.14. The molecule has 8 nitrogen and oxygen atoms in total. The van der Waals surface area contributed by atoms with E-state index in [0.29, 0.717) is 16.5 Å². The van der Waals surface area contributed by atoms with Gasteiger partial charge in [-0.15, -0.1) is 11.3 Å². The largest absolute Gasteiger partial charge is 0.495 e. The number of carbonyl (C=O) groups is 1. The van der Waals surface area contributed by atoms with Gasteiger partial charge in [-0.3, -0.25) is 4.90 Å². The van der Waals surface area contributed by atoms with E-state index in [4.69, 9.17) is 27.1 Å². The van der Waals surface area contributed by atoms with Crippen molar-refractivity contribution < 1.29 is 14.6 Å². The van der Waals surface area contributed by atoms with Crippen LogP contribution in [0.25, 0.3) is 21.5 Å². The van der Waals surface area contributed by atoms with Crippen molar-refractivity contribution in [3.8, 4) is 16.3 Å². The number of benzene rings is 2. The molecule has 10 heteroatoms. The van der Waals surface area contributed by atoms with Crippen LogP contribution in [0, 0.1) is 0 Å². The quantitative estimate of drug-likeness (QED) is 0.288. The van der Waals surface area contributed by atoms with Crippen molar-refractivity contribution in [2.45, 2.75) is 38.5 Å². The Bertz CT molecular complexity index is 1430. The van der Waals surface area contributed by atoms with Gasteiger partial charge in [0.2, 0.25) is 0 Å². The number of thiazole rings is 1. The minimum atomic E-state index is -0.618. The van der Waals surface area contributed by atoms with E-state index in [1.807, 2.05) is 36.5 Å². The molecular formula is C27H30ClN5O3S. The number of methoxy groups -OCH3 is 1. The smallest absolute Gasteiger partial charge is 0.316 e. The number of hydrogen-bond donors (Lipinski definition) is 3. The van der Waals surface area contributed by atoms with E-state index in [9.17, 15) is 9.90 Å².